The first-order valence-electron chi connectivity index (χ1n) is 8.80. The van der Waals surface area contributed by atoms with Crippen molar-refractivity contribution in [3.8, 4) is 22.9 Å². The number of nitrogens with one attached hydrogen (secondary N) is 1. The van der Waals surface area contributed by atoms with E-state index in [1.807, 2.05) is 0 Å². The number of alkyl halides is 3. The molecule has 154 valence electrons. The molecule has 0 spiro atoms. The number of nitrogens with zero attached hydrogens (tertiary/aromatic N) is 4. The van der Waals surface area contributed by atoms with E-state index >= 15 is 0 Å². The van der Waals surface area contributed by atoms with Gasteiger partial charge in [-0.05, 0) is 12.6 Å². The maximum atomic E-state index is 13.5. The average Bonchev–Trinajstić information content (AvgIpc) is 3.17. The van der Waals surface area contributed by atoms with Gasteiger partial charge in [0.05, 0.1) is 24.7 Å². The molecule has 0 bridgehead atoms. The van der Waals surface area contributed by atoms with Crippen molar-refractivity contribution in [2.75, 3.05) is 20.3 Å². The predicted molar refractivity (Wildman–Crippen MR) is 101 cm³/mol. The monoisotopic (exact) mass is 407 g/mol. The van der Waals surface area contributed by atoms with Gasteiger partial charge in [-0.25, -0.2) is 9.97 Å². The second kappa shape index (κ2) is 8.48. The standard InChI is InChI=1S/C19H20F3N5O2/c1-4-8-29-18-17-24-6-7-27(17)11-14(26-18)12-9-13(25-10-15(12)28-3)16(23-5-2)19(20,21)22/h4,6-7,9-11,16,23H,1,5,8H2,2-3H3. The summed E-state index contributed by atoms with van der Waals surface area (Å²) in [5.74, 6) is 0.514. The quantitative estimate of drug-likeness (QED) is 0.576. The molecular formula is C19H20F3N5O2. The number of rotatable bonds is 8. The van der Waals surface area contributed by atoms with E-state index in [0.29, 0.717) is 16.9 Å². The summed E-state index contributed by atoms with van der Waals surface area (Å²) in [4.78, 5) is 12.6. The Bertz CT molecular complexity index is 1000. The number of fused-ring (bicyclic) bond motifs is 1. The van der Waals surface area contributed by atoms with Crippen LogP contribution in [-0.2, 0) is 0 Å². The Kier molecular flexibility index (Phi) is 6.02. The number of pyridine rings is 1. The third-order valence-electron chi connectivity index (χ3n) is 4.10. The molecule has 0 aliphatic carbocycles. The van der Waals surface area contributed by atoms with Gasteiger partial charge in [0.1, 0.15) is 18.4 Å². The molecule has 3 heterocycles. The maximum absolute atomic E-state index is 13.5. The zero-order valence-corrected chi connectivity index (χ0v) is 15.9. The second-order valence-electron chi connectivity index (χ2n) is 6.03. The largest absolute Gasteiger partial charge is 0.494 e. The van der Waals surface area contributed by atoms with Crippen LogP contribution in [0, 0.1) is 0 Å². The molecule has 0 aliphatic heterocycles. The van der Waals surface area contributed by atoms with Crippen molar-refractivity contribution in [3.05, 3.63) is 49.2 Å². The number of hydrogen-bond donors (Lipinski definition) is 1. The molecule has 0 saturated carbocycles. The minimum absolute atomic E-state index is 0.131. The van der Waals surface area contributed by atoms with Crippen LogP contribution in [0.25, 0.3) is 16.9 Å². The first kappa shape index (κ1) is 20.6. The smallest absolute Gasteiger partial charge is 0.409 e. The Morgan fingerprint density at radius 1 is 1.34 bits per heavy atom. The third-order valence-corrected chi connectivity index (χ3v) is 4.10. The van der Waals surface area contributed by atoms with Crippen molar-refractivity contribution >= 4 is 5.65 Å². The summed E-state index contributed by atoms with van der Waals surface area (Å²) in [6.07, 6.45) is 3.21. The third kappa shape index (κ3) is 4.32. The van der Waals surface area contributed by atoms with E-state index < -0.39 is 12.2 Å². The molecule has 0 radical (unpaired) electrons. The van der Waals surface area contributed by atoms with E-state index in [1.165, 1.54) is 19.4 Å². The zero-order valence-electron chi connectivity index (χ0n) is 15.9. The van der Waals surface area contributed by atoms with Crippen LogP contribution in [0.2, 0.25) is 0 Å². The Morgan fingerprint density at radius 2 is 2.14 bits per heavy atom. The predicted octanol–water partition coefficient (Wildman–Crippen LogP) is 3.58. The highest BCUT2D eigenvalue weighted by molar-refractivity contribution is 5.69. The van der Waals surface area contributed by atoms with Gasteiger partial charge in [-0.1, -0.05) is 19.6 Å². The van der Waals surface area contributed by atoms with E-state index in [1.54, 1.807) is 36.0 Å². The number of methoxy groups -OCH3 is 1. The van der Waals surface area contributed by atoms with Gasteiger partial charge in [0.25, 0.3) is 5.88 Å². The van der Waals surface area contributed by atoms with Gasteiger partial charge in [0.15, 0.2) is 0 Å². The summed E-state index contributed by atoms with van der Waals surface area (Å²) in [6, 6.07) is -0.590. The molecular weight excluding hydrogens is 387 g/mol. The SMILES string of the molecule is C=CCOc1nc(-c2cc(C(NCC)C(F)(F)F)ncc2OC)cn2ccnc12. The van der Waals surface area contributed by atoms with Crippen LogP contribution in [-0.4, -0.2) is 45.8 Å². The van der Waals surface area contributed by atoms with E-state index in [2.05, 4.69) is 26.8 Å². The lowest BCUT2D eigenvalue weighted by Gasteiger charge is -2.21. The van der Waals surface area contributed by atoms with E-state index in [-0.39, 0.29) is 30.5 Å². The van der Waals surface area contributed by atoms with Crippen molar-refractivity contribution in [1.29, 1.82) is 0 Å². The molecule has 0 saturated heterocycles. The molecule has 0 aromatic carbocycles. The fourth-order valence-electron chi connectivity index (χ4n) is 2.84. The van der Waals surface area contributed by atoms with E-state index in [4.69, 9.17) is 9.47 Å². The van der Waals surface area contributed by atoms with Crippen molar-refractivity contribution < 1.29 is 22.6 Å². The lowest BCUT2D eigenvalue weighted by Crippen LogP contribution is -2.34. The van der Waals surface area contributed by atoms with E-state index in [0.717, 1.165) is 0 Å². The lowest BCUT2D eigenvalue weighted by atomic mass is 10.1. The Labute approximate surface area is 165 Å². The molecule has 7 nitrogen and oxygen atoms in total. The zero-order chi connectivity index (χ0) is 21.0. The van der Waals surface area contributed by atoms with Crippen LogP contribution in [0.5, 0.6) is 11.6 Å². The minimum Gasteiger partial charge on any atom is -0.494 e. The summed E-state index contributed by atoms with van der Waals surface area (Å²) < 4.78 is 53.0. The van der Waals surface area contributed by atoms with Crippen LogP contribution < -0.4 is 14.8 Å². The van der Waals surface area contributed by atoms with Gasteiger partial charge in [-0.3, -0.25) is 4.98 Å². The Balaban J connectivity index is 2.15. The van der Waals surface area contributed by atoms with Crippen molar-refractivity contribution in [1.82, 2.24) is 24.7 Å². The number of imidazole rings is 1. The molecule has 3 aromatic heterocycles. The molecule has 0 amide bonds. The highest BCUT2D eigenvalue weighted by Gasteiger charge is 2.41. The molecule has 10 heteroatoms. The molecule has 1 N–H and O–H groups in total. The number of halogens is 3. The maximum Gasteiger partial charge on any atom is 0.409 e. The Morgan fingerprint density at radius 3 is 2.79 bits per heavy atom. The van der Waals surface area contributed by atoms with Crippen molar-refractivity contribution in [3.63, 3.8) is 0 Å². The summed E-state index contributed by atoms with van der Waals surface area (Å²) in [5.41, 5.74) is 0.997. The number of ether oxygens (including phenoxy) is 2. The summed E-state index contributed by atoms with van der Waals surface area (Å²) >= 11 is 0. The number of aromatic nitrogens is 4. The topological polar surface area (TPSA) is 73.6 Å². The average molecular weight is 407 g/mol. The lowest BCUT2D eigenvalue weighted by molar-refractivity contribution is -0.158. The summed E-state index contributed by atoms with van der Waals surface area (Å²) in [7, 11) is 1.41. The Hall–Kier alpha value is -3.14. The van der Waals surface area contributed by atoms with Crippen LogP contribution in [0.3, 0.4) is 0 Å². The minimum atomic E-state index is -4.51. The van der Waals surface area contributed by atoms with Crippen LogP contribution in [0.15, 0.2) is 43.5 Å². The molecule has 3 rings (SSSR count). The van der Waals surface area contributed by atoms with Crippen molar-refractivity contribution in [2.24, 2.45) is 0 Å². The molecule has 0 fully saturated rings. The van der Waals surface area contributed by atoms with Crippen molar-refractivity contribution in [2.45, 2.75) is 19.1 Å². The highest BCUT2D eigenvalue weighted by Crippen LogP contribution is 2.36. The van der Waals surface area contributed by atoms with Crippen LogP contribution in [0.1, 0.15) is 18.7 Å². The van der Waals surface area contributed by atoms with Gasteiger partial charge in [0, 0.05) is 24.2 Å². The molecule has 3 aromatic rings. The van der Waals surface area contributed by atoms with Gasteiger partial charge >= 0.3 is 6.18 Å². The van der Waals surface area contributed by atoms with Crippen LogP contribution in [0.4, 0.5) is 13.2 Å². The highest BCUT2D eigenvalue weighted by atomic mass is 19.4. The first-order valence-corrected chi connectivity index (χ1v) is 8.80. The van der Waals surface area contributed by atoms with Gasteiger partial charge in [-0.15, -0.1) is 0 Å². The van der Waals surface area contributed by atoms with Gasteiger partial charge in [-0.2, -0.15) is 13.2 Å². The van der Waals surface area contributed by atoms with E-state index in [9.17, 15) is 13.2 Å². The first-order chi connectivity index (χ1) is 13.9. The van der Waals surface area contributed by atoms with Gasteiger partial charge in [0.2, 0.25) is 5.65 Å². The fraction of sp³-hybridized carbons (Fsp3) is 0.316. The summed E-state index contributed by atoms with van der Waals surface area (Å²) in [5, 5.41) is 2.42. The molecule has 1 unspecified atom stereocenters. The van der Waals surface area contributed by atoms with Gasteiger partial charge < -0.3 is 19.2 Å². The fourth-order valence-corrected chi connectivity index (χ4v) is 2.84. The summed E-state index contributed by atoms with van der Waals surface area (Å²) in [6.45, 7) is 5.53. The van der Waals surface area contributed by atoms with Crippen LogP contribution >= 0.6 is 0 Å². The number of hydrogen-bond acceptors (Lipinski definition) is 6. The molecule has 1 atom stereocenters. The normalized spacial score (nSPS) is 12.7. The molecule has 0 aliphatic rings. The molecule has 29 heavy (non-hydrogen) atoms. The second-order valence-corrected chi connectivity index (χ2v) is 6.03.